The van der Waals surface area contributed by atoms with Crippen molar-refractivity contribution in [1.82, 2.24) is 10.2 Å². The molecule has 6 heteroatoms. The van der Waals surface area contributed by atoms with Crippen LogP contribution in [0.3, 0.4) is 0 Å². The predicted octanol–water partition coefficient (Wildman–Crippen LogP) is 4.72. The molecule has 156 valence electrons. The van der Waals surface area contributed by atoms with Crippen LogP contribution >= 0.6 is 0 Å². The van der Waals surface area contributed by atoms with E-state index in [1.807, 2.05) is 61.2 Å². The van der Waals surface area contributed by atoms with E-state index in [9.17, 15) is 9.59 Å². The van der Waals surface area contributed by atoms with Gasteiger partial charge in [-0.25, -0.2) is 4.79 Å². The van der Waals surface area contributed by atoms with Crippen molar-refractivity contribution in [3.05, 3.63) is 65.4 Å². The van der Waals surface area contributed by atoms with Gasteiger partial charge in [0.1, 0.15) is 5.58 Å². The standard InChI is InChI=1S/C24H27N3O3/c1-16-11-17(2)13-20(12-16)26-24(29)25-15-18-7-9-27(10-8-18)23(28)22-14-19-5-3-4-6-21(19)30-22/h3-6,11-14,18H,7-10,15H2,1-2H3,(H2,25,26,29). The van der Waals surface area contributed by atoms with Crippen molar-refractivity contribution in [3.8, 4) is 0 Å². The number of fused-ring (bicyclic) bond motifs is 1. The van der Waals surface area contributed by atoms with Gasteiger partial charge in [0.25, 0.3) is 5.91 Å². The van der Waals surface area contributed by atoms with Crippen LogP contribution in [0.2, 0.25) is 0 Å². The number of hydrogen-bond donors (Lipinski definition) is 2. The fraction of sp³-hybridized carbons (Fsp3) is 0.333. The summed E-state index contributed by atoms with van der Waals surface area (Å²) in [6.45, 7) is 5.96. The van der Waals surface area contributed by atoms with Crippen molar-refractivity contribution in [3.63, 3.8) is 0 Å². The van der Waals surface area contributed by atoms with Gasteiger partial charge in [0.2, 0.25) is 0 Å². The van der Waals surface area contributed by atoms with Gasteiger partial charge in [0.05, 0.1) is 0 Å². The maximum Gasteiger partial charge on any atom is 0.319 e. The van der Waals surface area contributed by atoms with Crippen LogP contribution < -0.4 is 10.6 Å². The Morgan fingerprint density at radius 1 is 1.03 bits per heavy atom. The van der Waals surface area contributed by atoms with Crippen molar-refractivity contribution in [1.29, 1.82) is 0 Å². The van der Waals surface area contributed by atoms with E-state index < -0.39 is 0 Å². The predicted molar refractivity (Wildman–Crippen MR) is 118 cm³/mol. The number of rotatable bonds is 4. The Kier molecular flexibility index (Phi) is 5.74. The number of nitrogens with one attached hydrogen (secondary N) is 2. The monoisotopic (exact) mass is 405 g/mol. The molecule has 1 saturated heterocycles. The molecule has 4 rings (SSSR count). The quantitative estimate of drug-likeness (QED) is 0.659. The molecule has 2 aromatic carbocycles. The zero-order valence-electron chi connectivity index (χ0n) is 17.4. The number of aryl methyl sites for hydroxylation is 2. The normalized spacial score (nSPS) is 14.7. The average Bonchev–Trinajstić information content (AvgIpc) is 3.15. The van der Waals surface area contributed by atoms with Crippen LogP contribution in [0.15, 0.2) is 52.9 Å². The number of piperidine rings is 1. The Labute approximate surface area is 176 Å². The maximum absolute atomic E-state index is 12.8. The van der Waals surface area contributed by atoms with Gasteiger partial charge >= 0.3 is 6.03 Å². The number of likely N-dealkylation sites (tertiary alicyclic amines) is 1. The number of nitrogens with zero attached hydrogens (tertiary/aromatic N) is 1. The Morgan fingerprint density at radius 3 is 2.43 bits per heavy atom. The number of anilines is 1. The number of carbonyl (C=O) groups excluding carboxylic acids is 2. The van der Waals surface area contributed by atoms with E-state index in [2.05, 4.69) is 16.7 Å². The van der Waals surface area contributed by atoms with Crippen LogP contribution in [0.1, 0.15) is 34.5 Å². The number of urea groups is 1. The first kappa shape index (κ1) is 20.0. The molecule has 1 aromatic heterocycles. The fourth-order valence-electron chi connectivity index (χ4n) is 4.04. The lowest BCUT2D eigenvalue weighted by atomic mass is 9.96. The first-order valence-corrected chi connectivity index (χ1v) is 10.4. The van der Waals surface area contributed by atoms with Crippen molar-refractivity contribution in [2.45, 2.75) is 26.7 Å². The number of para-hydroxylation sites is 1. The van der Waals surface area contributed by atoms with Crippen LogP contribution in [0.4, 0.5) is 10.5 Å². The first-order valence-electron chi connectivity index (χ1n) is 10.4. The smallest absolute Gasteiger partial charge is 0.319 e. The third-order valence-corrected chi connectivity index (χ3v) is 5.57. The van der Waals surface area contributed by atoms with E-state index >= 15 is 0 Å². The molecule has 1 aliphatic rings. The highest BCUT2D eigenvalue weighted by Crippen LogP contribution is 2.23. The van der Waals surface area contributed by atoms with Crippen LogP contribution in [-0.4, -0.2) is 36.5 Å². The number of carbonyl (C=O) groups is 2. The minimum Gasteiger partial charge on any atom is -0.451 e. The van der Waals surface area contributed by atoms with Gasteiger partial charge in [0.15, 0.2) is 5.76 Å². The molecule has 1 fully saturated rings. The summed E-state index contributed by atoms with van der Waals surface area (Å²) in [7, 11) is 0. The lowest BCUT2D eigenvalue weighted by Crippen LogP contribution is -2.42. The number of hydrogen-bond acceptors (Lipinski definition) is 3. The van der Waals surface area contributed by atoms with Crippen molar-refractivity contribution < 1.29 is 14.0 Å². The number of furan rings is 1. The van der Waals surface area contributed by atoms with E-state index in [1.165, 1.54) is 0 Å². The Morgan fingerprint density at radius 2 is 1.73 bits per heavy atom. The molecule has 0 saturated carbocycles. The van der Waals surface area contributed by atoms with Gasteiger partial charge < -0.3 is 20.0 Å². The molecule has 0 unspecified atom stereocenters. The molecule has 0 spiro atoms. The first-order chi connectivity index (χ1) is 14.5. The zero-order valence-corrected chi connectivity index (χ0v) is 17.4. The third-order valence-electron chi connectivity index (χ3n) is 5.57. The molecule has 0 radical (unpaired) electrons. The lowest BCUT2D eigenvalue weighted by molar-refractivity contribution is 0.0661. The van der Waals surface area contributed by atoms with Gasteiger partial charge in [-0.3, -0.25) is 4.79 Å². The Bertz CT molecular complexity index is 1010. The van der Waals surface area contributed by atoms with Crippen LogP contribution in [-0.2, 0) is 0 Å². The maximum atomic E-state index is 12.8. The molecule has 3 aromatic rings. The second kappa shape index (κ2) is 8.61. The molecule has 0 aliphatic carbocycles. The molecule has 3 amide bonds. The highest BCUT2D eigenvalue weighted by atomic mass is 16.3. The lowest BCUT2D eigenvalue weighted by Gasteiger charge is -2.31. The summed E-state index contributed by atoms with van der Waals surface area (Å²) in [5.41, 5.74) is 3.77. The summed E-state index contributed by atoms with van der Waals surface area (Å²) < 4.78 is 5.71. The molecule has 1 aliphatic heterocycles. The second-order valence-electron chi connectivity index (χ2n) is 8.10. The number of benzene rings is 2. The molecule has 30 heavy (non-hydrogen) atoms. The van der Waals surface area contributed by atoms with Crippen molar-refractivity contribution in [2.24, 2.45) is 5.92 Å². The van der Waals surface area contributed by atoms with E-state index in [4.69, 9.17) is 4.42 Å². The topological polar surface area (TPSA) is 74.6 Å². The second-order valence-corrected chi connectivity index (χ2v) is 8.10. The molecular formula is C24H27N3O3. The minimum atomic E-state index is -0.194. The summed E-state index contributed by atoms with van der Waals surface area (Å²) in [5, 5.41) is 6.80. The summed E-state index contributed by atoms with van der Waals surface area (Å²) in [5.74, 6) is 0.681. The van der Waals surface area contributed by atoms with Crippen molar-refractivity contribution in [2.75, 3.05) is 25.0 Å². The van der Waals surface area contributed by atoms with E-state index in [-0.39, 0.29) is 11.9 Å². The fourth-order valence-corrected chi connectivity index (χ4v) is 4.04. The summed E-state index contributed by atoms with van der Waals surface area (Å²) in [6, 6.07) is 15.2. The van der Waals surface area contributed by atoms with Crippen LogP contribution in [0.25, 0.3) is 11.0 Å². The van der Waals surface area contributed by atoms with E-state index in [0.717, 1.165) is 40.6 Å². The van der Waals surface area contributed by atoms with E-state index in [1.54, 1.807) is 0 Å². The van der Waals surface area contributed by atoms with Gasteiger partial charge in [-0.2, -0.15) is 0 Å². The van der Waals surface area contributed by atoms with E-state index in [0.29, 0.717) is 31.3 Å². The minimum absolute atomic E-state index is 0.0647. The summed E-state index contributed by atoms with van der Waals surface area (Å²) in [6.07, 6.45) is 1.71. The largest absolute Gasteiger partial charge is 0.451 e. The van der Waals surface area contributed by atoms with Gasteiger partial charge in [-0.1, -0.05) is 24.3 Å². The molecule has 0 bridgehead atoms. The molecular weight excluding hydrogens is 378 g/mol. The summed E-state index contributed by atoms with van der Waals surface area (Å²) >= 11 is 0. The number of amides is 3. The Hall–Kier alpha value is -3.28. The molecule has 2 heterocycles. The van der Waals surface area contributed by atoms with Gasteiger partial charge in [0, 0.05) is 30.7 Å². The third kappa shape index (κ3) is 4.64. The van der Waals surface area contributed by atoms with Crippen LogP contribution in [0.5, 0.6) is 0 Å². The molecule has 6 nitrogen and oxygen atoms in total. The molecule has 0 atom stereocenters. The SMILES string of the molecule is Cc1cc(C)cc(NC(=O)NCC2CCN(C(=O)c3cc4ccccc4o3)CC2)c1. The highest BCUT2D eigenvalue weighted by Gasteiger charge is 2.26. The zero-order chi connectivity index (χ0) is 21.1. The van der Waals surface area contributed by atoms with Gasteiger partial charge in [-0.05, 0) is 68.0 Å². The van der Waals surface area contributed by atoms with Gasteiger partial charge in [-0.15, -0.1) is 0 Å². The Balaban J connectivity index is 1.25. The highest BCUT2D eigenvalue weighted by molar-refractivity contribution is 5.96. The van der Waals surface area contributed by atoms with Crippen LogP contribution in [0, 0.1) is 19.8 Å². The average molecular weight is 405 g/mol. The molecule has 2 N–H and O–H groups in total. The van der Waals surface area contributed by atoms with Crippen molar-refractivity contribution >= 4 is 28.6 Å². The summed E-state index contributed by atoms with van der Waals surface area (Å²) in [4.78, 5) is 26.8.